The third-order valence-electron chi connectivity index (χ3n) is 4.75. The zero-order valence-electron chi connectivity index (χ0n) is 12.1. The monoisotopic (exact) mass is 249 g/mol. The Balaban J connectivity index is 1.84. The van der Waals surface area contributed by atoms with E-state index in [1.165, 1.54) is 19.3 Å². The van der Waals surface area contributed by atoms with E-state index in [0.717, 1.165) is 44.1 Å². The Morgan fingerprint density at radius 3 is 2.06 bits per heavy atom. The first-order chi connectivity index (χ1) is 8.60. The molecule has 0 radical (unpaired) electrons. The van der Waals surface area contributed by atoms with Crippen molar-refractivity contribution in [3.63, 3.8) is 0 Å². The molecule has 1 aliphatic heterocycles. The third-order valence-corrected chi connectivity index (χ3v) is 4.75. The van der Waals surface area contributed by atoms with Crippen molar-refractivity contribution in [3.8, 4) is 6.07 Å². The van der Waals surface area contributed by atoms with Crippen LogP contribution in [0.25, 0.3) is 0 Å². The summed E-state index contributed by atoms with van der Waals surface area (Å²) in [5.74, 6) is 1.77. The zero-order chi connectivity index (χ0) is 13.1. The van der Waals surface area contributed by atoms with Gasteiger partial charge in [-0.3, -0.25) is 9.80 Å². The molecule has 0 aromatic rings. The summed E-state index contributed by atoms with van der Waals surface area (Å²) in [6.07, 6.45) is 4.15. The summed E-state index contributed by atoms with van der Waals surface area (Å²) in [5, 5.41) is 8.97. The van der Waals surface area contributed by atoms with E-state index in [1.54, 1.807) is 0 Å². The normalized spacial score (nSPS) is 37.1. The fraction of sp³-hybridized carbons (Fsp3) is 0.933. The van der Waals surface area contributed by atoms with E-state index < -0.39 is 0 Å². The second-order valence-electron chi connectivity index (χ2n) is 6.45. The molecule has 1 aliphatic carbocycles. The molecular weight excluding hydrogens is 222 g/mol. The van der Waals surface area contributed by atoms with Gasteiger partial charge < -0.3 is 0 Å². The molecule has 3 unspecified atom stereocenters. The van der Waals surface area contributed by atoms with Crippen molar-refractivity contribution >= 4 is 0 Å². The lowest BCUT2D eigenvalue weighted by molar-refractivity contribution is 0.0504. The zero-order valence-corrected chi connectivity index (χ0v) is 12.1. The van der Waals surface area contributed by atoms with Crippen molar-refractivity contribution in [2.24, 2.45) is 11.8 Å². The quantitative estimate of drug-likeness (QED) is 0.752. The van der Waals surface area contributed by atoms with E-state index >= 15 is 0 Å². The summed E-state index contributed by atoms with van der Waals surface area (Å²) in [7, 11) is 0. The maximum Gasteiger partial charge on any atom is 0.0950 e. The first kappa shape index (κ1) is 13.8. The second kappa shape index (κ2) is 6.04. The SMILES string of the molecule is CC1CC(C)CC(N2CCN(C(C)C#N)CC2)C1. The summed E-state index contributed by atoms with van der Waals surface area (Å²) in [6.45, 7) is 11.2. The van der Waals surface area contributed by atoms with Crippen LogP contribution in [0.1, 0.15) is 40.0 Å². The summed E-state index contributed by atoms with van der Waals surface area (Å²) >= 11 is 0. The van der Waals surface area contributed by atoms with Crippen LogP contribution >= 0.6 is 0 Å². The lowest BCUT2D eigenvalue weighted by atomic mass is 9.79. The second-order valence-corrected chi connectivity index (χ2v) is 6.45. The highest BCUT2D eigenvalue weighted by molar-refractivity contribution is 4.92. The molecule has 2 aliphatic rings. The molecule has 0 spiro atoms. The highest BCUT2D eigenvalue weighted by atomic mass is 15.3. The molecular formula is C15H27N3. The molecule has 3 heteroatoms. The lowest BCUT2D eigenvalue weighted by Gasteiger charge is -2.44. The number of hydrogen-bond donors (Lipinski definition) is 0. The van der Waals surface area contributed by atoms with E-state index in [1.807, 2.05) is 6.92 Å². The van der Waals surface area contributed by atoms with Crippen LogP contribution in [-0.2, 0) is 0 Å². The first-order valence-corrected chi connectivity index (χ1v) is 7.48. The van der Waals surface area contributed by atoms with E-state index in [-0.39, 0.29) is 6.04 Å². The third kappa shape index (κ3) is 3.24. The minimum Gasteiger partial charge on any atom is -0.298 e. The molecule has 0 aromatic carbocycles. The van der Waals surface area contributed by atoms with Crippen LogP contribution < -0.4 is 0 Å². The van der Waals surface area contributed by atoms with Crippen LogP contribution in [0, 0.1) is 23.2 Å². The van der Waals surface area contributed by atoms with Crippen molar-refractivity contribution in [2.45, 2.75) is 52.1 Å². The fourth-order valence-corrected chi connectivity index (χ4v) is 3.77. The summed E-state index contributed by atoms with van der Waals surface area (Å²) in [5.41, 5.74) is 0. The highest BCUT2D eigenvalue weighted by Crippen LogP contribution is 2.32. The Morgan fingerprint density at radius 1 is 1.00 bits per heavy atom. The highest BCUT2D eigenvalue weighted by Gasteiger charge is 2.31. The van der Waals surface area contributed by atoms with Gasteiger partial charge in [0.15, 0.2) is 0 Å². The Bertz CT molecular complexity index is 291. The topological polar surface area (TPSA) is 30.3 Å². The predicted molar refractivity (Wildman–Crippen MR) is 74.2 cm³/mol. The van der Waals surface area contributed by atoms with Crippen molar-refractivity contribution in [1.82, 2.24) is 9.80 Å². The number of nitriles is 1. The molecule has 1 saturated heterocycles. The van der Waals surface area contributed by atoms with Crippen LogP contribution in [0.2, 0.25) is 0 Å². The average Bonchev–Trinajstić information content (AvgIpc) is 2.37. The molecule has 1 saturated carbocycles. The maximum atomic E-state index is 8.97. The van der Waals surface area contributed by atoms with E-state index in [9.17, 15) is 0 Å². The van der Waals surface area contributed by atoms with Crippen molar-refractivity contribution in [3.05, 3.63) is 0 Å². The van der Waals surface area contributed by atoms with Crippen LogP contribution in [0.3, 0.4) is 0 Å². The van der Waals surface area contributed by atoms with E-state index in [0.29, 0.717) is 0 Å². The van der Waals surface area contributed by atoms with Gasteiger partial charge >= 0.3 is 0 Å². The fourth-order valence-electron chi connectivity index (χ4n) is 3.77. The van der Waals surface area contributed by atoms with Crippen LogP contribution in [0.15, 0.2) is 0 Å². The van der Waals surface area contributed by atoms with Gasteiger partial charge in [0.05, 0.1) is 12.1 Å². The minimum atomic E-state index is 0.0800. The lowest BCUT2D eigenvalue weighted by Crippen LogP contribution is -2.53. The molecule has 2 fully saturated rings. The molecule has 0 aromatic heterocycles. The Labute approximate surface area is 112 Å². The van der Waals surface area contributed by atoms with Crippen LogP contribution in [0.5, 0.6) is 0 Å². The standard InChI is InChI=1S/C15H27N3/c1-12-8-13(2)10-15(9-12)18-6-4-17(5-7-18)14(3)11-16/h12-15H,4-10H2,1-3H3. The van der Waals surface area contributed by atoms with Crippen molar-refractivity contribution in [2.75, 3.05) is 26.2 Å². The number of piperazine rings is 1. The molecule has 0 bridgehead atoms. The van der Waals surface area contributed by atoms with Crippen molar-refractivity contribution in [1.29, 1.82) is 5.26 Å². The van der Waals surface area contributed by atoms with E-state index in [2.05, 4.69) is 29.7 Å². The Kier molecular flexibility index (Phi) is 4.64. The van der Waals surface area contributed by atoms with Crippen molar-refractivity contribution < 1.29 is 0 Å². The average molecular weight is 249 g/mol. The van der Waals surface area contributed by atoms with E-state index in [4.69, 9.17) is 5.26 Å². The summed E-state index contributed by atoms with van der Waals surface area (Å²) < 4.78 is 0. The molecule has 2 rings (SSSR count). The van der Waals surface area contributed by atoms with Crippen LogP contribution in [-0.4, -0.2) is 48.1 Å². The van der Waals surface area contributed by atoms with Gasteiger partial charge in [-0.25, -0.2) is 0 Å². The molecule has 0 N–H and O–H groups in total. The molecule has 0 amide bonds. The first-order valence-electron chi connectivity index (χ1n) is 7.48. The number of nitrogens with zero attached hydrogens (tertiary/aromatic N) is 3. The van der Waals surface area contributed by atoms with Gasteiger partial charge in [-0.2, -0.15) is 5.26 Å². The van der Waals surface area contributed by atoms with Gasteiger partial charge in [0, 0.05) is 32.2 Å². The number of hydrogen-bond acceptors (Lipinski definition) is 3. The van der Waals surface area contributed by atoms with Gasteiger partial charge in [-0.15, -0.1) is 0 Å². The maximum absolute atomic E-state index is 8.97. The van der Waals surface area contributed by atoms with Gasteiger partial charge in [0.2, 0.25) is 0 Å². The molecule has 3 atom stereocenters. The smallest absolute Gasteiger partial charge is 0.0950 e. The summed E-state index contributed by atoms with van der Waals surface area (Å²) in [4.78, 5) is 4.99. The minimum absolute atomic E-state index is 0.0800. The summed E-state index contributed by atoms with van der Waals surface area (Å²) in [6, 6.07) is 3.23. The number of rotatable bonds is 2. The Morgan fingerprint density at radius 2 is 1.56 bits per heavy atom. The van der Waals surface area contributed by atoms with Gasteiger partial charge in [-0.05, 0) is 38.0 Å². The van der Waals surface area contributed by atoms with Gasteiger partial charge in [0.1, 0.15) is 0 Å². The molecule has 3 nitrogen and oxygen atoms in total. The van der Waals surface area contributed by atoms with Gasteiger partial charge in [0.25, 0.3) is 0 Å². The predicted octanol–water partition coefficient (Wildman–Crippen LogP) is 2.34. The van der Waals surface area contributed by atoms with Crippen LogP contribution in [0.4, 0.5) is 0 Å². The van der Waals surface area contributed by atoms with Gasteiger partial charge in [-0.1, -0.05) is 13.8 Å². The molecule has 102 valence electrons. The molecule has 1 heterocycles. The largest absolute Gasteiger partial charge is 0.298 e. The molecule has 18 heavy (non-hydrogen) atoms. The Hall–Kier alpha value is -0.590.